The minimum Gasteiger partial charge on any atom is -0.435 e. The van der Waals surface area contributed by atoms with Gasteiger partial charge < -0.3 is 10.1 Å². The Labute approximate surface area is 101 Å². The maximum atomic E-state index is 12.0. The SMILES string of the molecule is CCCCNC(C)c1ccc(OC(F)F)cc1. The van der Waals surface area contributed by atoms with E-state index in [1.54, 1.807) is 24.3 Å². The Hall–Kier alpha value is -1.16. The summed E-state index contributed by atoms with van der Waals surface area (Å²) in [6.45, 7) is 2.40. The van der Waals surface area contributed by atoms with Crippen molar-refractivity contribution in [3.63, 3.8) is 0 Å². The van der Waals surface area contributed by atoms with Gasteiger partial charge in [0.2, 0.25) is 0 Å². The summed E-state index contributed by atoms with van der Waals surface area (Å²) in [6, 6.07) is 6.98. The van der Waals surface area contributed by atoms with Gasteiger partial charge in [-0.1, -0.05) is 25.5 Å². The number of rotatable bonds is 7. The van der Waals surface area contributed by atoms with Crippen LogP contribution < -0.4 is 10.1 Å². The first kappa shape index (κ1) is 13.9. The van der Waals surface area contributed by atoms with E-state index in [0.717, 1.165) is 24.9 Å². The molecule has 96 valence electrons. The first-order chi connectivity index (χ1) is 8.13. The van der Waals surface area contributed by atoms with E-state index in [0.29, 0.717) is 0 Å². The van der Waals surface area contributed by atoms with Crippen molar-refractivity contribution < 1.29 is 13.5 Å². The molecule has 1 aromatic carbocycles. The van der Waals surface area contributed by atoms with Crippen LogP contribution in [0.15, 0.2) is 24.3 Å². The third kappa shape index (κ3) is 5.13. The summed E-state index contributed by atoms with van der Waals surface area (Å²) in [6.07, 6.45) is 2.29. The van der Waals surface area contributed by atoms with E-state index in [-0.39, 0.29) is 11.8 Å². The molecule has 1 atom stereocenters. The second-order valence-corrected chi connectivity index (χ2v) is 3.98. The Balaban J connectivity index is 2.48. The van der Waals surface area contributed by atoms with Crippen LogP contribution in [-0.2, 0) is 0 Å². The van der Waals surface area contributed by atoms with E-state index in [9.17, 15) is 8.78 Å². The molecule has 0 radical (unpaired) electrons. The Morgan fingerprint density at radius 3 is 2.41 bits per heavy atom. The highest BCUT2D eigenvalue weighted by atomic mass is 19.3. The summed E-state index contributed by atoms with van der Waals surface area (Å²) in [4.78, 5) is 0. The molecule has 0 spiro atoms. The van der Waals surface area contributed by atoms with Crippen molar-refractivity contribution >= 4 is 0 Å². The molecule has 0 saturated carbocycles. The molecule has 4 heteroatoms. The van der Waals surface area contributed by atoms with Gasteiger partial charge in [-0.05, 0) is 37.6 Å². The third-order valence-electron chi connectivity index (χ3n) is 2.59. The number of nitrogens with one attached hydrogen (secondary N) is 1. The lowest BCUT2D eigenvalue weighted by Crippen LogP contribution is -2.19. The van der Waals surface area contributed by atoms with Crippen molar-refractivity contribution in [3.05, 3.63) is 29.8 Å². The number of hydrogen-bond acceptors (Lipinski definition) is 2. The largest absolute Gasteiger partial charge is 0.435 e. The molecule has 0 amide bonds. The lowest BCUT2D eigenvalue weighted by atomic mass is 10.1. The first-order valence-electron chi connectivity index (χ1n) is 5.91. The predicted octanol–water partition coefficient (Wildman–Crippen LogP) is 3.74. The molecule has 1 rings (SSSR count). The molecule has 0 aromatic heterocycles. The van der Waals surface area contributed by atoms with Gasteiger partial charge in [-0.15, -0.1) is 0 Å². The molecule has 0 saturated heterocycles. The van der Waals surface area contributed by atoms with Gasteiger partial charge in [0.1, 0.15) is 5.75 Å². The van der Waals surface area contributed by atoms with Gasteiger partial charge in [-0.25, -0.2) is 0 Å². The molecular weight excluding hydrogens is 224 g/mol. The smallest absolute Gasteiger partial charge is 0.387 e. The summed E-state index contributed by atoms with van der Waals surface area (Å²) in [5.74, 6) is 0.199. The molecule has 0 aliphatic carbocycles. The Morgan fingerprint density at radius 1 is 1.24 bits per heavy atom. The fraction of sp³-hybridized carbons (Fsp3) is 0.538. The predicted molar refractivity (Wildman–Crippen MR) is 64.4 cm³/mol. The molecule has 0 fully saturated rings. The first-order valence-corrected chi connectivity index (χ1v) is 5.91. The van der Waals surface area contributed by atoms with E-state index in [2.05, 4.69) is 23.9 Å². The molecule has 0 bridgehead atoms. The van der Waals surface area contributed by atoms with Crippen molar-refractivity contribution in [2.24, 2.45) is 0 Å². The second-order valence-electron chi connectivity index (χ2n) is 3.98. The highest BCUT2D eigenvalue weighted by Gasteiger charge is 2.06. The summed E-state index contributed by atoms with van der Waals surface area (Å²) in [7, 11) is 0. The molecule has 1 N–H and O–H groups in total. The van der Waals surface area contributed by atoms with Crippen molar-refractivity contribution in [3.8, 4) is 5.75 Å². The summed E-state index contributed by atoms with van der Waals surface area (Å²) in [5, 5.41) is 3.37. The van der Waals surface area contributed by atoms with Crippen LogP contribution in [0.25, 0.3) is 0 Å². The molecule has 1 unspecified atom stereocenters. The quantitative estimate of drug-likeness (QED) is 0.737. The molecule has 0 heterocycles. The Morgan fingerprint density at radius 2 is 1.88 bits per heavy atom. The minimum absolute atomic E-state index is 0.199. The molecule has 1 aromatic rings. The number of alkyl halides is 2. The summed E-state index contributed by atoms with van der Waals surface area (Å²) in [5.41, 5.74) is 1.07. The van der Waals surface area contributed by atoms with Crippen LogP contribution in [0.1, 0.15) is 38.3 Å². The lowest BCUT2D eigenvalue weighted by molar-refractivity contribution is -0.0498. The standard InChI is InChI=1S/C13H19F2NO/c1-3-4-9-16-10(2)11-5-7-12(8-6-11)17-13(14)15/h5-8,10,13,16H,3-4,9H2,1-2H3. The van der Waals surface area contributed by atoms with Gasteiger partial charge in [0, 0.05) is 6.04 Å². The maximum absolute atomic E-state index is 12.0. The van der Waals surface area contributed by atoms with Crippen LogP contribution in [0.4, 0.5) is 8.78 Å². The van der Waals surface area contributed by atoms with Gasteiger partial charge in [0.25, 0.3) is 0 Å². The van der Waals surface area contributed by atoms with E-state index < -0.39 is 6.61 Å². The molecule has 2 nitrogen and oxygen atoms in total. The average molecular weight is 243 g/mol. The number of benzene rings is 1. The van der Waals surface area contributed by atoms with Gasteiger partial charge in [0.05, 0.1) is 0 Å². The fourth-order valence-corrected chi connectivity index (χ4v) is 1.55. The molecule has 17 heavy (non-hydrogen) atoms. The summed E-state index contributed by atoms with van der Waals surface area (Å²) < 4.78 is 28.2. The molecule has 0 aliphatic heterocycles. The molecule has 0 aliphatic rings. The summed E-state index contributed by atoms with van der Waals surface area (Å²) >= 11 is 0. The highest BCUT2D eigenvalue weighted by molar-refractivity contribution is 5.28. The number of unbranched alkanes of at least 4 members (excludes halogenated alkanes) is 1. The number of halogens is 2. The van der Waals surface area contributed by atoms with Crippen LogP contribution in [0, 0.1) is 0 Å². The van der Waals surface area contributed by atoms with Crippen LogP contribution >= 0.6 is 0 Å². The zero-order valence-corrected chi connectivity index (χ0v) is 10.2. The minimum atomic E-state index is -2.76. The Bertz CT molecular complexity index is 314. The van der Waals surface area contributed by atoms with Crippen molar-refractivity contribution in [1.82, 2.24) is 5.32 Å². The van der Waals surface area contributed by atoms with Gasteiger partial charge in [-0.2, -0.15) is 8.78 Å². The number of hydrogen-bond donors (Lipinski definition) is 1. The van der Waals surface area contributed by atoms with E-state index in [4.69, 9.17) is 0 Å². The van der Waals surface area contributed by atoms with Crippen LogP contribution in [0.3, 0.4) is 0 Å². The van der Waals surface area contributed by atoms with E-state index in [1.165, 1.54) is 0 Å². The fourth-order valence-electron chi connectivity index (χ4n) is 1.55. The highest BCUT2D eigenvalue weighted by Crippen LogP contribution is 2.19. The lowest BCUT2D eigenvalue weighted by Gasteiger charge is -2.14. The van der Waals surface area contributed by atoms with Gasteiger partial charge in [0.15, 0.2) is 0 Å². The van der Waals surface area contributed by atoms with E-state index >= 15 is 0 Å². The zero-order valence-electron chi connectivity index (χ0n) is 10.2. The maximum Gasteiger partial charge on any atom is 0.387 e. The zero-order chi connectivity index (χ0) is 12.7. The average Bonchev–Trinajstić information content (AvgIpc) is 2.29. The van der Waals surface area contributed by atoms with E-state index in [1.807, 2.05) is 0 Å². The topological polar surface area (TPSA) is 21.3 Å². The third-order valence-corrected chi connectivity index (χ3v) is 2.59. The monoisotopic (exact) mass is 243 g/mol. The van der Waals surface area contributed by atoms with Crippen LogP contribution in [0.2, 0.25) is 0 Å². The van der Waals surface area contributed by atoms with Gasteiger partial charge >= 0.3 is 6.61 Å². The number of ether oxygens (including phenoxy) is 1. The van der Waals surface area contributed by atoms with Crippen molar-refractivity contribution in [2.45, 2.75) is 39.3 Å². The van der Waals surface area contributed by atoms with Crippen LogP contribution in [0.5, 0.6) is 5.75 Å². The molecular formula is C13H19F2NO. The van der Waals surface area contributed by atoms with Crippen molar-refractivity contribution in [1.29, 1.82) is 0 Å². The van der Waals surface area contributed by atoms with Gasteiger partial charge in [-0.3, -0.25) is 0 Å². The normalized spacial score (nSPS) is 12.8. The Kier molecular flexibility index (Phi) is 5.91. The van der Waals surface area contributed by atoms with Crippen molar-refractivity contribution in [2.75, 3.05) is 6.54 Å². The second kappa shape index (κ2) is 7.22. The van der Waals surface area contributed by atoms with Crippen LogP contribution in [-0.4, -0.2) is 13.2 Å².